The maximum absolute atomic E-state index is 10.9. The Hall–Kier alpha value is -0.650. The van der Waals surface area contributed by atoms with E-state index in [0.29, 0.717) is 6.61 Å². The number of hydrogen-bond acceptors (Lipinski definition) is 4. The Morgan fingerprint density at radius 2 is 1.59 bits per heavy atom. The number of piperazine rings is 1. The zero-order chi connectivity index (χ0) is 17.2. The predicted octanol–water partition coefficient (Wildman–Crippen LogP) is 2.22. The van der Waals surface area contributed by atoms with Gasteiger partial charge in [0, 0.05) is 39.8 Å². The summed E-state index contributed by atoms with van der Waals surface area (Å²) in [5.74, 6) is -0.0487. The summed E-state index contributed by atoms with van der Waals surface area (Å²) in [5, 5.41) is 2.54. The molecule has 0 aromatic carbocycles. The molecule has 1 N–H and O–H groups in total. The molecular weight excluding hydrogens is 278 g/mol. The van der Waals surface area contributed by atoms with E-state index in [4.69, 9.17) is 4.74 Å². The van der Waals surface area contributed by atoms with Crippen LogP contribution in [0.3, 0.4) is 0 Å². The van der Waals surface area contributed by atoms with Crippen LogP contribution in [0.25, 0.3) is 0 Å². The minimum Gasteiger partial charge on any atom is -0.372 e. The highest BCUT2D eigenvalue weighted by Crippen LogP contribution is 2.03. The van der Waals surface area contributed by atoms with Crippen molar-refractivity contribution in [2.24, 2.45) is 0 Å². The molecule has 0 atom stereocenters. The summed E-state index contributed by atoms with van der Waals surface area (Å²) in [6.45, 7) is 14.9. The zero-order valence-corrected chi connectivity index (χ0v) is 15.8. The van der Waals surface area contributed by atoms with Crippen molar-refractivity contribution in [3.05, 3.63) is 0 Å². The molecule has 0 bridgehead atoms. The molecule has 1 rings (SSSR count). The van der Waals surface area contributed by atoms with Crippen LogP contribution in [0.4, 0.5) is 0 Å². The van der Waals surface area contributed by atoms with E-state index in [9.17, 15) is 4.79 Å². The Balaban J connectivity index is 0. The molecule has 1 aliphatic heterocycles. The average Bonchev–Trinajstić information content (AvgIpc) is 2.59. The van der Waals surface area contributed by atoms with Crippen molar-refractivity contribution in [2.75, 3.05) is 60.0 Å². The lowest BCUT2D eigenvalue weighted by Gasteiger charge is -2.32. The molecule has 134 valence electrons. The second-order valence-corrected chi connectivity index (χ2v) is 4.93. The molecule has 0 radical (unpaired) electrons. The average molecular weight is 318 g/mol. The number of carbonyl (C=O) groups excluding carboxylic acids is 1. The Labute approximate surface area is 138 Å². The molecule has 0 aliphatic carbocycles. The summed E-state index contributed by atoms with van der Waals surface area (Å²) in [4.78, 5) is 15.8. The molecule has 5 heteroatoms. The molecular formula is C17H39N3O2. The second kappa shape index (κ2) is 18.4. The first-order valence-electron chi connectivity index (χ1n) is 8.91. The maximum Gasteiger partial charge on any atom is 0.245 e. The third kappa shape index (κ3) is 14.3. The van der Waals surface area contributed by atoms with Gasteiger partial charge in [-0.25, -0.2) is 0 Å². The SMILES string of the molecule is CC.CC.CNC(=O)COCCCCCN1CCN(C)CC1. The normalized spacial score (nSPS) is 15.2. The van der Waals surface area contributed by atoms with E-state index in [2.05, 4.69) is 22.2 Å². The van der Waals surface area contributed by atoms with Gasteiger partial charge in [0.2, 0.25) is 5.91 Å². The molecule has 1 aliphatic rings. The molecule has 22 heavy (non-hydrogen) atoms. The van der Waals surface area contributed by atoms with Crippen molar-refractivity contribution in [3.63, 3.8) is 0 Å². The van der Waals surface area contributed by atoms with Gasteiger partial charge in [0.25, 0.3) is 0 Å². The number of amides is 1. The lowest BCUT2D eigenvalue weighted by molar-refractivity contribution is -0.125. The molecule has 0 spiro atoms. The topological polar surface area (TPSA) is 44.8 Å². The summed E-state index contributed by atoms with van der Waals surface area (Å²) in [6, 6.07) is 0. The van der Waals surface area contributed by atoms with E-state index in [1.807, 2.05) is 27.7 Å². The number of unbranched alkanes of at least 4 members (excludes halogenated alkanes) is 2. The van der Waals surface area contributed by atoms with Gasteiger partial charge in [0.1, 0.15) is 6.61 Å². The van der Waals surface area contributed by atoms with Crippen molar-refractivity contribution in [1.82, 2.24) is 15.1 Å². The Bertz CT molecular complexity index is 230. The minimum atomic E-state index is -0.0487. The highest BCUT2D eigenvalue weighted by molar-refractivity contribution is 5.76. The van der Waals surface area contributed by atoms with Gasteiger partial charge in [-0.2, -0.15) is 0 Å². The standard InChI is InChI=1S/C13H27N3O2.2C2H6/c1-14-13(17)12-18-11-5-3-4-6-16-9-7-15(2)8-10-16;2*1-2/h3-12H2,1-2H3,(H,14,17);2*1-2H3. The molecule has 1 saturated heterocycles. The van der Waals surface area contributed by atoms with Crippen LogP contribution in [0.1, 0.15) is 47.0 Å². The Morgan fingerprint density at radius 3 is 2.14 bits per heavy atom. The molecule has 1 heterocycles. The van der Waals surface area contributed by atoms with E-state index in [1.165, 1.54) is 45.6 Å². The lowest BCUT2D eigenvalue weighted by atomic mass is 10.2. The second-order valence-electron chi connectivity index (χ2n) is 4.93. The highest BCUT2D eigenvalue weighted by Gasteiger charge is 2.12. The van der Waals surface area contributed by atoms with Crippen LogP contribution in [-0.4, -0.2) is 75.7 Å². The van der Waals surface area contributed by atoms with Crippen molar-refractivity contribution in [2.45, 2.75) is 47.0 Å². The number of ether oxygens (including phenoxy) is 1. The van der Waals surface area contributed by atoms with E-state index in [0.717, 1.165) is 6.42 Å². The van der Waals surface area contributed by atoms with Crippen LogP contribution in [-0.2, 0) is 9.53 Å². The molecule has 1 amide bonds. The monoisotopic (exact) mass is 317 g/mol. The Morgan fingerprint density at radius 1 is 1.00 bits per heavy atom. The van der Waals surface area contributed by atoms with Crippen LogP contribution < -0.4 is 5.32 Å². The third-order valence-corrected chi connectivity index (χ3v) is 3.37. The summed E-state index contributed by atoms with van der Waals surface area (Å²) in [6.07, 6.45) is 3.46. The lowest BCUT2D eigenvalue weighted by Crippen LogP contribution is -2.44. The fourth-order valence-corrected chi connectivity index (χ4v) is 2.02. The van der Waals surface area contributed by atoms with Crippen molar-refractivity contribution in [1.29, 1.82) is 0 Å². The summed E-state index contributed by atoms with van der Waals surface area (Å²) < 4.78 is 5.26. The summed E-state index contributed by atoms with van der Waals surface area (Å²) in [7, 11) is 3.81. The zero-order valence-electron chi connectivity index (χ0n) is 15.8. The number of rotatable bonds is 8. The number of nitrogens with one attached hydrogen (secondary N) is 1. The summed E-state index contributed by atoms with van der Waals surface area (Å²) in [5.41, 5.74) is 0. The van der Waals surface area contributed by atoms with Gasteiger partial charge in [-0.15, -0.1) is 0 Å². The smallest absolute Gasteiger partial charge is 0.245 e. The van der Waals surface area contributed by atoms with Gasteiger partial charge in [0.05, 0.1) is 0 Å². The number of carbonyl (C=O) groups is 1. The van der Waals surface area contributed by atoms with Crippen LogP contribution in [0, 0.1) is 0 Å². The third-order valence-electron chi connectivity index (χ3n) is 3.37. The van der Waals surface area contributed by atoms with Crippen LogP contribution >= 0.6 is 0 Å². The van der Waals surface area contributed by atoms with Crippen LogP contribution in [0.15, 0.2) is 0 Å². The number of hydrogen-bond donors (Lipinski definition) is 1. The first kappa shape index (κ1) is 23.6. The number of likely N-dealkylation sites (N-methyl/N-ethyl adjacent to an activating group) is 2. The van der Waals surface area contributed by atoms with Crippen LogP contribution in [0.5, 0.6) is 0 Å². The quantitative estimate of drug-likeness (QED) is 0.697. The Kier molecular flexibility index (Phi) is 19.7. The fraction of sp³-hybridized carbons (Fsp3) is 0.941. The fourth-order valence-electron chi connectivity index (χ4n) is 2.02. The molecule has 0 saturated carbocycles. The molecule has 0 aromatic rings. The van der Waals surface area contributed by atoms with Gasteiger partial charge in [-0.3, -0.25) is 4.79 Å². The maximum atomic E-state index is 10.9. The molecule has 1 fully saturated rings. The highest BCUT2D eigenvalue weighted by atomic mass is 16.5. The van der Waals surface area contributed by atoms with Gasteiger partial charge in [0.15, 0.2) is 0 Å². The van der Waals surface area contributed by atoms with E-state index >= 15 is 0 Å². The van der Waals surface area contributed by atoms with Crippen molar-refractivity contribution in [3.8, 4) is 0 Å². The minimum absolute atomic E-state index is 0.0487. The first-order valence-corrected chi connectivity index (χ1v) is 8.91. The number of nitrogens with zero attached hydrogens (tertiary/aromatic N) is 2. The molecule has 5 nitrogen and oxygen atoms in total. The van der Waals surface area contributed by atoms with E-state index < -0.39 is 0 Å². The van der Waals surface area contributed by atoms with Gasteiger partial charge in [-0.1, -0.05) is 27.7 Å². The van der Waals surface area contributed by atoms with Crippen molar-refractivity contribution < 1.29 is 9.53 Å². The molecule has 0 aromatic heterocycles. The van der Waals surface area contributed by atoms with Crippen molar-refractivity contribution >= 4 is 5.91 Å². The van der Waals surface area contributed by atoms with Gasteiger partial charge >= 0.3 is 0 Å². The van der Waals surface area contributed by atoms with E-state index in [1.54, 1.807) is 7.05 Å². The predicted molar refractivity (Wildman–Crippen MR) is 95.4 cm³/mol. The first-order chi connectivity index (χ1) is 10.7. The van der Waals surface area contributed by atoms with Gasteiger partial charge in [-0.05, 0) is 32.9 Å². The van der Waals surface area contributed by atoms with Gasteiger partial charge < -0.3 is 19.9 Å². The van der Waals surface area contributed by atoms with E-state index in [-0.39, 0.29) is 12.5 Å². The molecule has 0 unspecified atom stereocenters. The largest absolute Gasteiger partial charge is 0.372 e. The van der Waals surface area contributed by atoms with Crippen LogP contribution in [0.2, 0.25) is 0 Å². The summed E-state index contributed by atoms with van der Waals surface area (Å²) >= 11 is 0.